The standard InChI is InChI=1S/C61H102NO8P/c1-3-5-7-9-11-13-15-17-18-19-20-21-22-23-24-25-26-27-28-29-30-31-32-33-34-35-36-37-38-39-40-42-44-46-48-50-52-54-61(64)70-59(58-69-71(65,66)68-56-55-62)57-67-60(63)53-51-49-47-45-43-41-16-14-12-10-8-6-4-2/h5-8,11-14,17-18,20-21,23-24,26-27,41,43,47,49,59H,3-4,9-10,15-16,19,22,25,28-40,42,44-46,48,50-58,62H2,1-2H3,(H,65,66)/b7-5-,8-6-,13-11-,14-12-,18-17-,21-20-,24-23-,27-26-,43-41-,49-47-. The highest BCUT2D eigenvalue weighted by molar-refractivity contribution is 7.47. The molecule has 0 aromatic heterocycles. The van der Waals surface area contributed by atoms with Gasteiger partial charge in [0.2, 0.25) is 0 Å². The predicted octanol–water partition coefficient (Wildman–Crippen LogP) is 17.6. The lowest BCUT2D eigenvalue weighted by atomic mass is 10.0. The third-order valence-electron chi connectivity index (χ3n) is 11.4. The van der Waals surface area contributed by atoms with Crippen LogP contribution >= 0.6 is 7.82 Å². The maximum atomic E-state index is 12.7. The van der Waals surface area contributed by atoms with Crippen molar-refractivity contribution in [2.24, 2.45) is 5.73 Å². The number of hydrogen-bond acceptors (Lipinski definition) is 8. The summed E-state index contributed by atoms with van der Waals surface area (Å²) < 4.78 is 32.8. The molecule has 0 saturated carbocycles. The molecule has 0 aromatic carbocycles. The fraction of sp³-hybridized carbons (Fsp3) is 0.639. The maximum absolute atomic E-state index is 12.7. The van der Waals surface area contributed by atoms with E-state index in [9.17, 15) is 19.0 Å². The minimum atomic E-state index is -4.40. The number of unbranched alkanes of at least 4 members (excludes halogenated alkanes) is 18. The van der Waals surface area contributed by atoms with Crippen LogP contribution in [0.2, 0.25) is 0 Å². The summed E-state index contributed by atoms with van der Waals surface area (Å²) in [6, 6.07) is 0. The Balaban J connectivity index is 3.90. The van der Waals surface area contributed by atoms with Gasteiger partial charge in [-0.3, -0.25) is 18.6 Å². The van der Waals surface area contributed by atoms with Crippen LogP contribution in [0.3, 0.4) is 0 Å². The molecule has 0 heterocycles. The highest BCUT2D eigenvalue weighted by atomic mass is 31.2. The topological polar surface area (TPSA) is 134 Å². The van der Waals surface area contributed by atoms with Gasteiger partial charge in [-0.15, -0.1) is 0 Å². The lowest BCUT2D eigenvalue weighted by Gasteiger charge is -2.19. The van der Waals surface area contributed by atoms with Crippen molar-refractivity contribution in [2.45, 2.75) is 225 Å². The molecule has 0 radical (unpaired) electrons. The van der Waals surface area contributed by atoms with Crippen LogP contribution in [-0.2, 0) is 32.7 Å². The normalized spacial score (nSPS) is 14.0. The molecule has 404 valence electrons. The van der Waals surface area contributed by atoms with Crippen LogP contribution in [-0.4, -0.2) is 49.3 Å². The summed E-state index contributed by atoms with van der Waals surface area (Å²) in [5.41, 5.74) is 5.36. The third kappa shape index (κ3) is 55.6. The van der Waals surface area contributed by atoms with Gasteiger partial charge in [-0.05, 0) is 89.9 Å². The number of rotatable bonds is 51. The van der Waals surface area contributed by atoms with Gasteiger partial charge >= 0.3 is 19.8 Å². The summed E-state index contributed by atoms with van der Waals surface area (Å²) in [6.45, 7) is 3.41. The molecule has 0 rings (SSSR count). The van der Waals surface area contributed by atoms with Crippen LogP contribution in [0.15, 0.2) is 122 Å². The zero-order chi connectivity index (χ0) is 51.7. The van der Waals surface area contributed by atoms with Crippen molar-refractivity contribution in [3.8, 4) is 0 Å². The van der Waals surface area contributed by atoms with E-state index >= 15 is 0 Å². The zero-order valence-electron chi connectivity index (χ0n) is 44.9. The quantitative estimate of drug-likeness (QED) is 0.0264. The first-order valence-electron chi connectivity index (χ1n) is 28.0. The van der Waals surface area contributed by atoms with Crippen molar-refractivity contribution in [1.29, 1.82) is 0 Å². The predicted molar refractivity (Wildman–Crippen MR) is 302 cm³/mol. The maximum Gasteiger partial charge on any atom is 0.472 e. The fourth-order valence-corrected chi connectivity index (χ4v) is 8.07. The summed E-state index contributed by atoms with van der Waals surface area (Å²) >= 11 is 0. The van der Waals surface area contributed by atoms with E-state index < -0.39 is 32.5 Å². The Morgan fingerprint density at radius 3 is 1.14 bits per heavy atom. The van der Waals surface area contributed by atoms with Gasteiger partial charge in [0.15, 0.2) is 6.10 Å². The number of phosphoric ester groups is 1. The monoisotopic (exact) mass is 1010 g/mol. The summed E-state index contributed by atoms with van der Waals surface area (Å²) in [7, 11) is -4.40. The molecule has 0 aromatic rings. The van der Waals surface area contributed by atoms with E-state index in [1.807, 2.05) is 12.2 Å². The van der Waals surface area contributed by atoms with Gasteiger partial charge in [-0.1, -0.05) is 238 Å². The first-order chi connectivity index (χ1) is 34.8. The number of carbonyl (C=O) groups excluding carboxylic acids is 2. The second kappa shape index (κ2) is 55.7. The molecule has 0 spiro atoms. The third-order valence-corrected chi connectivity index (χ3v) is 12.3. The van der Waals surface area contributed by atoms with Crippen molar-refractivity contribution >= 4 is 19.8 Å². The molecule has 71 heavy (non-hydrogen) atoms. The first-order valence-corrected chi connectivity index (χ1v) is 29.5. The highest BCUT2D eigenvalue weighted by Gasteiger charge is 2.26. The van der Waals surface area contributed by atoms with E-state index in [0.717, 1.165) is 83.5 Å². The number of nitrogens with two attached hydrogens (primary N) is 1. The Kier molecular flexibility index (Phi) is 52.9. The van der Waals surface area contributed by atoms with Crippen LogP contribution in [0.1, 0.15) is 219 Å². The Hall–Kier alpha value is -3.59. The molecule has 0 amide bonds. The smallest absolute Gasteiger partial charge is 0.462 e. The van der Waals surface area contributed by atoms with Crippen molar-refractivity contribution < 1.29 is 37.6 Å². The van der Waals surface area contributed by atoms with E-state index in [1.165, 1.54) is 96.3 Å². The van der Waals surface area contributed by atoms with Crippen LogP contribution in [0.5, 0.6) is 0 Å². The molecule has 0 aliphatic heterocycles. The molecule has 0 saturated heterocycles. The molecule has 0 aliphatic carbocycles. The van der Waals surface area contributed by atoms with Gasteiger partial charge in [0, 0.05) is 19.4 Å². The minimum Gasteiger partial charge on any atom is -0.462 e. The van der Waals surface area contributed by atoms with E-state index in [2.05, 4.69) is 123 Å². The molecule has 0 aliphatic rings. The van der Waals surface area contributed by atoms with Crippen LogP contribution in [0.4, 0.5) is 0 Å². The zero-order valence-corrected chi connectivity index (χ0v) is 45.8. The van der Waals surface area contributed by atoms with E-state index in [4.69, 9.17) is 24.3 Å². The van der Waals surface area contributed by atoms with Gasteiger partial charge in [0.05, 0.1) is 13.2 Å². The Labute approximate surface area is 434 Å². The van der Waals surface area contributed by atoms with Crippen molar-refractivity contribution in [3.05, 3.63) is 122 Å². The second-order valence-corrected chi connectivity index (χ2v) is 19.5. The summed E-state index contributed by atoms with van der Waals surface area (Å²) in [5.74, 6) is -0.926. The van der Waals surface area contributed by atoms with E-state index in [1.54, 1.807) is 0 Å². The van der Waals surface area contributed by atoms with Crippen LogP contribution in [0, 0.1) is 0 Å². The molecule has 2 unspecified atom stereocenters. The average molecular weight is 1010 g/mol. The summed E-state index contributed by atoms with van der Waals surface area (Å²) in [4.78, 5) is 35.0. The molecular formula is C61H102NO8P. The number of phosphoric acid groups is 1. The molecule has 0 bridgehead atoms. The number of hydrogen-bond donors (Lipinski definition) is 2. The summed E-state index contributed by atoms with van der Waals surface area (Å²) in [6.07, 6.45) is 77.2. The van der Waals surface area contributed by atoms with E-state index in [-0.39, 0.29) is 32.6 Å². The van der Waals surface area contributed by atoms with Crippen molar-refractivity contribution in [1.82, 2.24) is 0 Å². The first kappa shape index (κ1) is 67.4. The Bertz CT molecular complexity index is 1570. The van der Waals surface area contributed by atoms with Gasteiger partial charge in [0.25, 0.3) is 0 Å². The van der Waals surface area contributed by atoms with Gasteiger partial charge in [-0.2, -0.15) is 0 Å². The minimum absolute atomic E-state index is 0.0402. The van der Waals surface area contributed by atoms with Gasteiger partial charge in [0.1, 0.15) is 6.61 Å². The number of esters is 2. The van der Waals surface area contributed by atoms with Crippen LogP contribution in [0.25, 0.3) is 0 Å². The molecule has 2 atom stereocenters. The lowest BCUT2D eigenvalue weighted by molar-refractivity contribution is -0.161. The fourth-order valence-electron chi connectivity index (χ4n) is 7.30. The molecule has 0 fully saturated rings. The molecule has 10 heteroatoms. The SMILES string of the molecule is CC/C=C\C/C=C\C/C=C\C/C=C\C/C=C\C/C=C\CCCCCCCCCCCCCCCCCCCCC(=O)OC(COC(=O)CC/C=C\C/C=C\C/C=C\C/C=C\CC)COP(=O)(O)OCCN. The van der Waals surface area contributed by atoms with Crippen LogP contribution < -0.4 is 5.73 Å². The van der Waals surface area contributed by atoms with Crippen molar-refractivity contribution in [2.75, 3.05) is 26.4 Å². The molecule has 3 N–H and O–H groups in total. The molecular weight excluding hydrogens is 906 g/mol. The summed E-state index contributed by atoms with van der Waals surface area (Å²) in [5, 5.41) is 0. The Morgan fingerprint density at radius 2 is 0.761 bits per heavy atom. The van der Waals surface area contributed by atoms with Gasteiger partial charge in [-0.25, -0.2) is 4.57 Å². The molecule has 9 nitrogen and oxygen atoms in total. The highest BCUT2D eigenvalue weighted by Crippen LogP contribution is 2.43. The number of allylic oxidation sites excluding steroid dienone is 20. The van der Waals surface area contributed by atoms with Crippen molar-refractivity contribution in [3.63, 3.8) is 0 Å². The largest absolute Gasteiger partial charge is 0.472 e. The van der Waals surface area contributed by atoms with Gasteiger partial charge < -0.3 is 20.1 Å². The second-order valence-electron chi connectivity index (χ2n) is 18.0. The lowest BCUT2D eigenvalue weighted by Crippen LogP contribution is -2.29. The van der Waals surface area contributed by atoms with E-state index in [0.29, 0.717) is 12.8 Å². The number of carbonyl (C=O) groups is 2. The average Bonchev–Trinajstić information content (AvgIpc) is 3.36. The number of ether oxygens (including phenoxy) is 2. The Morgan fingerprint density at radius 1 is 0.423 bits per heavy atom.